The zero-order chi connectivity index (χ0) is 32.7. The van der Waals surface area contributed by atoms with Crippen LogP contribution in [0.2, 0.25) is 0 Å². The highest BCUT2D eigenvalue weighted by Crippen LogP contribution is 2.49. The Bertz CT molecular complexity index is 2640. The SMILES string of the molecule is Bc1c(O)c(O)c(-c2ccc(-c3c4c(c(-c5ccc6oc7c8ccccc8ccc7c6c5)c5ccccc35)CCC=C4)cc2)c(O)c1O. The normalized spacial score (nSPS) is 12.8. The zero-order valence-corrected chi connectivity index (χ0v) is 26.1. The summed E-state index contributed by atoms with van der Waals surface area (Å²) in [4.78, 5) is 0. The van der Waals surface area contributed by atoms with Crippen LogP contribution in [-0.4, -0.2) is 28.3 Å². The molecule has 0 bridgehead atoms. The summed E-state index contributed by atoms with van der Waals surface area (Å²) < 4.78 is 6.44. The minimum atomic E-state index is -0.471. The molecule has 0 unspecified atom stereocenters. The van der Waals surface area contributed by atoms with E-state index in [4.69, 9.17) is 4.42 Å². The zero-order valence-electron chi connectivity index (χ0n) is 26.1. The van der Waals surface area contributed by atoms with Crippen molar-refractivity contribution in [3.05, 3.63) is 120 Å². The highest BCUT2D eigenvalue weighted by atomic mass is 16.3. The Morgan fingerprint density at radius 3 is 1.90 bits per heavy atom. The average Bonchev–Trinajstić information content (AvgIpc) is 3.51. The smallest absolute Gasteiger partial charge is 0.168 e. The number of hydrogen-bond acceptors (Lipinski definition) is 5. The second kappa shape index (κ2) is 10.4. The summed E-state index contributed by atoms with van der Waals surface area (Å²) in [6.07, 6.45) is 6.29. The van der Waals surface area contributed by atoms with Crippen LogP contribution < -0.4 is 5.46 Å². The first-order chi connectivity index (χ1) is 23.4. The Labute approximate surface area is 276 Å². The predicted octanol–water partition coefficient (Wildman–Crippen LogP) is 8.93. The maximum atomic E-state index is 10.7. The first-order valence-corrected chi connectivity index (χ1v) is 16.1. The van der Waals surface area contributed by atoms with E-state index in [9.17, 15) is 20.4 Å². The van der Waals surface area contributed by atoms with Gasteiger partial charge >= 0.3 is 0 Å². The van der Waals surface area contributed by atoms with Crippen molar-refractivity contribution in [1.29, 1.82) is 0 Å². The highest BCUT2D eigenvalue weighted by molar-refractivity contribution is 6.37. The van der Waals surface area contributed by atoms with E-state index < -0.39 is 23.0 Å². The van der Waals surface area contributed by atoms with Gasteiger partial charge in [0.2, 0.25) is 0 Å². The van der Waals surface area contributed by atoms with Gasteiger partial charge < -0.3 is 24.8 Å². The lowest BCUT2D eigenvalue weighted by Gasteiger charge is -2.24. The number of benzene rings is 7. The maximum Gasteiger partial charge on any atom is 0.168 e. The molecule has 1 aliphatic rings. The van der Waals surface area contributed by atoms with Crippen LogP contribution in [0.1, 0.15) is 17.5 Å². The summed E-state index contributed by atoms with van der Waals surface area (Å²) >= 11 is 0. The summed E-state index contributed by atoms with van der Waals surface area (Å²) in [5, 5.41) is 48.8. The molecule has 48 heavy (non-hydrogen) atoms. The van der Waals surface area contributed by atoms with Gasteiger partial charge in [0.1, 0.15) is 19.0 Å². The molecule has 4 N–H and O–H groups in total. The molecule has 7 aromatic carbocycles. The average molecular weight is 625 g/mol. The van der Waals surface area contributed by atoms with Crippen molar-refractivity contribution in [3.8, 4) is 56.4 Å². The van der Waals surface area contributed by atoms with Crippen molar-refractivity contribution < 1.29 is 24.8 Å². The van der Waals surface area contributed by atoms with E-state index >= 15 is 0 Å². The van der Waals surface area contributed by atoms with Crippen LogP contribution in [0, 0.1) is 0 Å². The second-order valence-electron chi connectivity index (χ2n) is 12.6. The lowest BCUT2D eigenvalue weighted by atomic mass is 9.80. The third-order valence-electron chi connectivity index (χ3n) is 9.95. The number of hydrogen-bond donors (Lipinski definition) is 4. The molecule has 230 valence electrons. The second-order valence-corrected chi connectivity index (χ2v) is 12.6. The summed E-state index contributed by atoms with van der Waals surface area (Å²) in [5.41, 5.74) is 9.16. The topological polar surface area (TPSA) is 94.1 Å². The van der Waals surface area contributed by atoms with Crippen LogP contribution in [0.25, 0.3) is 82.9 Å². The van der Waals surface area contributed by atoms with Crippen molar-refractivity contribution in [1.82, 2.24) is 0 Å². The van der Waals surface area contributed by atoms with Crippen molar-refractivity contribution in [2.45, 2.75) is 12.8 Å². The Balaban J connectivity index is 1.25. The molecule has 9 rings (SSSR count). The summed E-state index contributed by atoms with van der Waals surface area (Å²) in [7, 11) is 1.43. The number of allylic oxidation sites excluding steroid dienone is 1. The number of phenols is 4. The van der Waals surface area contributed by atoms with Gasteiger partial charge in [0.05, 0.1) is 5.56 Å². The van der Waals surface area contributed by atoms with Gasteiger partial charge in [-0.1, -0.05) is 97.1 Å². The predicted molar refractivity (Wildman–Crippen MR) is 197 cm³/mol. The molecule has 1 aromatic heterocycles. The van der Waals surface area contributed by atoms with Gasteiger partial charge in [-0.15, -0.1) is 0 Å². The fourth-order valence-corrected chi connectivity index (χ4v) is 7.58. The molecule has 0 fully saturated rings. The Hall–Kier alpha value is -6.14. The van der Waals surface area contributed by atoms with Crippen LogP contribution >= 0.6 is 0 Å². The molecular formula is C42H29BO5. The highest BCUT2D eigenvalue weighted by Gasteiger charge is 2.24. The van der Waals surface area contributed by atoms with Crippen molar-refractivity contribution in [2.24, 2.45) is 0 Å². The molecule has 8 aromatic rings. The van der Waals surface area contributed by atoms with Crippen LogP contribution in [-0.2, 0) is 6.42 Å². The number of furan rings is 1. The molecule has 0 amide bonds. The van der Waals surface area contributed by atoms with E-state index in [0.717, 1.165) is 73.0 Å². The van der Waals surface area contributed by atoms with E-state index in [1.807, 2.05) is 24.3 Å². The molecule has 5 nitrogen and oxygen atoms in total. The Morgan fingerprint density at radius 2 is 1.17 bits per heavy atom. The first-order valence-electron chi connectivity index (χ1n) is 16.1. The molecule has 1 heterocycles. The van der Waals surface area contributed by atoms with Crippen molar-refractivity contribution >= 4 is 62.9 Å². The summed E-state index contributed by atoms with van der Waals surface area (Å²) in [6, 6.07) is 35.2. The molecule has 0 saturated heterocycles. The Kier molecular flexibility index (Phi) is 6.12. The Morgan fingerprint density at radius 1 is 0.542 bits per heavy atom. The molecule has 0 saturated carbocycles. The van der Waals surface area contributed by atoms with Crippen LogP contribution in [0.15, 0.2) is 114 Å². The van der Waals surface area contributed by atoms with Gasteiger partial charge in [-0.25, -0.2) is 0 Å². The lowest BCUT2D eigenvalue weighted by molar-refractivity contribution is 0.380. The molecule has 0 radical (unpaired) electrons. The van der Waals surface area contributed by atoms with Gasteiger partial charge in [-0.05, 0) is 86.1 Å². The number of phenolic OH excluding ortho intramolecular Hbond substituents is 4. The molecule has 0 aliphatic heterocycles. The number of aromatic hydroxyl groups is 4. The van der Waals surface area contributed by atoms with Crippen LogP contribution in [0.3, 0.4) is 0 Å². The lowest BCUT2D eigenvalue weighted by Crippen LogP contribution is -2.05. The molecular weight excluding hydrogens is 595 g/mol. The van der Waals surface area contributed by atoms with Gasteiger partial charge in [0.15, 0.2) is 23.0 Å². The number of rotatable bonds is 3. The van der Waals surface area contributed by atoms with E-state index in [0.29, 0.717) is 5.56 Å². The first kappa shape index (κ1) is 28.1. The summed E-state index contributed by atoms with van der Waals surface area (Å²) in [6.45, 7) is 0. The standard InChI is InChI=1S/C42H29BO5/c43-37-40(46)38(44)36(39(45)41(37)47)24-15-13-23(14-16-24)34-27-9-3-5-11-29(27)35(30-12-6-4-10-28(30)34)25-18-20-33-32(21-25)31-19-17-22-7-1-2-8-26(22)42(31)48-33/h1-5,7-11,13-21,44-47H,6,12,43H2. The van der Waals surface area contributed by atoms with Gasteiger partial charge in [-0.3, -0.25) is 0 Å². The van der Waals surface area contributed by atoms with Crippen LogP contribution in [0.5, 0.6) is 23.0 Å². The third kappa shape index (κ3) is 3.99. The van der Waals surface area contributed by atoms with E-state index in [1.54, 1.807) is 12.1 Å². The molecule has 1 aliphatic carbocycles. The van der Waals surface area contributed by atoms with E-state index in [2.05, 4.69) is 78.9 Å². The van der Waals surface area contributed by atoms with Crippen molar-refractivity contribution in [2.75, 3.05) is 0 Å². The fourth-order valence-electron chi connectivity index (χ4n) is 7.58. The minimum Gasteiger partial charge on any atom is -0.505 e. The van der Waals surface area contributed by atoms with E-state index in [1.165, 1.54) is 24.5 Å². The molecule has 6 heteroatoms. The van der Waals surface area contributed by atoms with Gasteiger partial charge in [0.25, 0.3) is 0 Å². The maximum absolute atomic E-state index is 10.7. The molecule has 0 spiro atoms. The summed E-state index contributed by atoms with van der Waals surface area (Å²) in [5.74, 6) is -1.86. The minimum absolute atomic E-state index is 0.0144. The van der Waals surface area contributed by atoms with Crippen LogP contribution in [0.4, 0.5) is 0 Å². The van der Waals surface area contributed by atoms with Crippen molar-refractivity contribution in [3.63, 3.8) is 0 Å². The third-order valence-corrected chi connectivity index (χ3v) is 9.95. The quantitative estimate of drug-likeness (QED) is 0.0895. The largest absolute Gasteiger partial charge is 0.505 e. The number of fused-ring (bicyclic) bond motifs is 7. The van der Waals surface area contributed by atoms with Gasteiger partial charge in [-0.2, -0.15) is 0 Å². The van der Waals surface area contributed by atoms with Gasteiger partial charge in [0, 0.05) is 21.6 Å². The fraction of sp³-hybridized carbons (Fsp3) is 0.0476. The van der Waals surface area contributed by atoms with E-state index in [-0.39, 0.29) is 11.0 Å². The molecule has 0 atom stereocenters. The monoisotopic (exact) mass is 624 g/mol.